The van der Waals surface area contributed by atoms with Crippen LogP contribution in [0.4, 0.5) is 5.82 Å². The van der Waals surface area contributed by atoms with Crippen LogP contribution in [0.1, 0.15) is 38.5 Å². The third kappa shape index (κ3) is 4.00. The molecule has 2 N–H and O–H groups in total. The molecule has 4 rings (SSSR count). The number of halogens is 1. The summed E-state index contributed by atoms with van der Waals surface area (Å²) in [4.78, 5) is 24.9. The van der Waals surface area contributed by atoms with Crippen molar-refractivity contribution in [3.05, 3.63) is 35.5 Å². The van der Waals surface area contributed by atoms with Crippen LogP contribution in [0.3, 0.4) is 0 Å². The standard InChI is InChI=1S/C20H23ClN4O2/c21-15-8-6-13(7-9-15)17-11-22-25-12-14(20(27)24-19(17)25)10-18(26)23-16-4-2-1-3-5-16/h6-9,11,14,16H,1-5,10,12H2,(H,23,26)(H,24,27). The Balaban J connectivity index is 1.43. The topological polar surface area (TPSA) is 76.0 Å². The molecule has 27 heavy (non-hydrogen) atoms. The Kier molecular flexibility index (Phi) is 5.16. The van der Waals surface area contributed by atoms with Crippen LogP contribution in [0, 0.1) is 5.92 Å². The summed E-state index contributed by atoms with van der Waals surface area (Å²) >= 11 is 5.95. The number of amides is 2. The maximum atomic E-state index is 12.6. The molecule has 1 atom stereocenters. The highest BCUT2D eigenvalue weighted by Crippen LogP contribution is 2.32. The Morgan fingerprint density at radius 3 is 2.70 bits per heavy atom. The van der Waals surface area contributed by atoms with Crippen LogP contribution in [-0.2, 0) is 16.1 Å². The summed E-state index contributed by atoms with van der Waals surface area (Å²) in [7, 11) is 0. The number of nitrogens with zero attached hydrogens (tertiary/aromatic N) is 2. The minimum atomic E-state index is -0.404. The predicted octanol–water partition coefficient (Wildman–Crippen LogP) is 3.61. The largest absolute Gasteiger partial charge is 0.353 e. The number of hydrogen-bond donors (Lipinski definition) is 2. The number of nitrogens with one attached hydrogen (secondary N) is 2. The van der Waals surface area contributed by atoms with Gasteiger partial charge in [0.05, 0.1) is 18.7 Å². The van der Waals surface area contributed by atoms with Crippen molar-refractivity contribution in [3.8, 4) is 11.1 Å². The van der Waals surface area contributed by atoms with Gasteiger partial charge in [-0.05, 0) is 30.5 Å². The van der Waals surface area contributed by atoms with E-state index in [1.165, 1.54) is 19.3 Å². The summed E-state index contributed by atoms with van der Waals surface area (Å²) in [5, 5.41) is 11.1. The van der Waals surface area contributed by atoms with Gasteiger partial charge in [0.1, 0.15) is 5.82 Å². The van der Waals surface area contributed by atoms with Crippen LogP contribution >= 0.6 is 11.6 Å². The average Bonchev–Trinajstić information content (AvgIpc) is 3.06. The van der Waals surface area contributed by atoms with Gasteiger partial charge >= 0.3 is 0 Å². The number of aromatic nitrogens is 2. The number of rotatable bonds is 4. The van der Waals surface area contributed by atoms with Gasteiger partial charge in [-0.1, -0.05) is 43.0 Å². The van der Waals surface area contributed by atoms with Crippen molar-refractivity contribution >= 4 is 29.2 Å². The molecule has 0 saturated heterocycles. The molecule has 2 amide bonds. The van der Waals surface area contributed by atoms with E-state index in [1.54, 1.807) is 10.9 Å². The zero-order valence-electron chi connectivity index (χ0n) is 15.1. The molecular formula is C20H23ClN4O2. The van der Waals surface area contributed by atoms with Gasteiger partial charge in [0.25, 0.3) is 0 Å². The molecule has 2 aliphatic rings. The fourth-order valence-electron chi connectivity index (χ4n) is 3.92. The lowest BCUT2D eigenvalue weighted by Gasteiger charge is -2.26. The van der Waals surface area contributed by atoms with E-state index in [9.17, 15) is 9.59 Å². The summed E-state index contributed by atoms with van der Waals surface area (Å²) in [6.45, 7) is 0.410. The van der Waals surface area contributed by atoms with Crippen LogP contribution in [0.25, 0.3) is 11.1 Å². The highest BCUT2D eigenvalue weighted by atomic mass is 35.5. The number of hydrogen-bond acceptors (Lipinski definition) is 3. The van der Waals surface area contributed by atoms with Crippen molar-refractivity contribution < 1.29 is 9.59 Å². The van der Waals surface area contributed by atoms with Gasteiger partial charge in [-0.15, -0.1) is 0 Å². The van der Waals surface area contributed by atoms with Crippen molar-refractivity contribution in [2.24, 2.45) is 5.92 Å². The molecule has 7 heteroatoms. The first-order valence-electron chi connectivity index (χ1n) is 9.52. The Hall–Kier alpha value is -2.34. The number of carbonyl (C=O) groups is 2. The smallest absolute Gasteiger partial charge is 0.231 e. The lowest BCUT2D eigenvalue weighted by atomic mass is 9.94. The highest BCUT2D eigenvalue weighted by Gasteiger charge is 2.31. The number of anilines is 1. The van der Waals surface area contributed by atoms with Crippen molar-refractivity contribution in [3.63, 3.8) is 0 Å². The molecule has 1 saturated carbocycles. The molecule has 1 fully saturated rings. The Morgan fingerprint density at radius 1 is 1.22 bits per heavy atom. The van der Waals surface area contributed by atoms with Gasteiger partial charge in [0.15, 0.2) is 0 Å². The molecule has 2 heterocycles. The first-order valence-corrected chi connectivity index (χ1v) is 9.90. The molecular weight excluding hydrogens is 364 g/mol. The summed E-state index contributed by atoms with van der Waals surface area (Å²) in [6, 6.07) is 7.68. The van der Waals surface area contributed by atoms with Crippen LogP contribution < -0.4 is 10.6 Å². The molecule has 1 aliphatic carbocycles. The van der Waals surface area contributed by atoms with Gasteiger partial charge in [-0.3, -0.25) is 9.59 Å². The lowest BCUT2D eigenvalue weighted by molar-refractivity contribution is -0.128. The Labute approximate surface area is 163 Å². The van der Waals surface area contributed by atoms with E-state index in [0.29, 0.717) is 17.4 Å². The van der Waals surface area contributed by atoms with E-state index in [1.807, 2.05) is 24.3 Å². The monoisotopic (exact) mass is 386 g/mol. The second kappa shape index (κ2) is 7.72. The molecule has 0 bridgehead atoms. The van der Waals surface area contributed by atoms with Gasteiger partial charge in [0, 0.05) is 23.0 Å². The minimum absolute atomic E-state index is 0.0458. The molecule has 1 unspecified atom stereocenters. The van der Waals surface area contributed by atoms with Crippen LogP contribution in [0.2, 0.25) is 5.02 Å². The quantitative estimate of drug-likeness (QED) is 0.842. The van der Waals surface area contributed by atoms with Gasteiger partial charge in [0.2, 0.25) is 11.8 Å². The summed E-state index contributed by atoms with van der Waals surface area (Å²) in [5.74, 6) is 0.0953. The number of fused-ring (bicyclic) bond motifs is 1. The first kappa shape index (κ1) is 18.0. The first-order chi connectivity index (χ1) is 13.1. The molecule has 1 aromatic carbocycles. The predicted molar refractivity (Wildman–Crippen MR) is 104 cm³/mol. The lowest BCUT2D eigenvalue weighted by Crippen LogP contribution is -2.41. The van der Waals surface area contributed by atoms with Crippen molar-refractivity contribution in [2.75, 3.05) is 5.32 Å². The van der Waals surface area contributed by atoms with Gasteiger partial charge in [-0.2, -0.15) is 5.10 Å². The molecule has 2 aromatic rings. The second-order valence-corrected chi connectivity index (χ2v) is 7.83. The van der Waals surface area contributed by atoms with Crippen LogP contribution in [0.5, 0.6) is 0 Å². The maximum absolute atomic E-state index is 12.6. The maximum Gasteiger partial charge on any atom is 0.231 e. The molecule has 0 spiro atoms. The summed E-state index contributed by atoms with van der Waals surface area (Å²) in [5.41, 5.74) is 1.79. The molecule has 1 aromatic heterocycles. The van der Waals surface area contributed by atoms with E-state index in [0.717, 1.165) is 24.0 Å². The van der Waals surface area contributed by atoms with Crippen molar-refractivity contribution in [2.45, 2.75) is 51.1 Å². The highest BCUT2D eigenvalue weighted by molar-refractivity contribution is 6.30. The average molecular weight is 387 g/mol. The van der Waals surface area contributed by atoms with E-state index in [2.05, 4.69) is 15.7 Å². The number of benzene rings is 1. The number of carbonyl (C=O) groups excluding carboxylic acids is 2. The second-order valence-electron chi connectivity index (χ2n) is 7.39. The van der Waals surface area contributed by atoms with Crippen molar-refractivity contribution in [1.82, 2.24) is 15.1 Å². The molecule has 6 nitrogen and oxygen atoms in total. The third-order valence-electron chi connectivity index (χ3n) is 5.40. The Morgan fingerprint density at radius 2 is 1.96 bits per heavy atom. The molecule has 0 radical (unpaired) electrons. The van der Waals surface area contributed by atoms with Crippen LogP contribution in [-0.4, -0.2) is 27.6 Å². The molecule has 142 valence electrons. The van der Waals surface area contributed by atoms with Crippen LogP contribution in [0.15, 0.2) is 30.5 Å². The van der Waals surface area contributed by atoms with Crippen molar-refractivity contribution in [1.29, 1.82) is 0 Å². The zero-order valence-corrected chi connectivity index (χ0v) is 15.8. The van der Waals surface area contributed by atoms with Gasteiger partial charge < -0.3 is 10.6 Å². The molecule has 1 aliphatic heterocycles. The minimum Gasteiger partial charge on any atom is -0.353 e. The van der Waals surface area contributed by atoms with E-state index in [-0.39, 0.29) is 24.3 Å². The SMILES string of the molecule is O=C(CC1Cn2ncc(-c3ccc(Cl)cc3)c2NC1=O)NC1CCCCC1. The van der Waals surface area contributed by atoms with Gasteiger partial charge in [-0.25, -0.2) is 4.68 Å². The Bertz CT molecular complexity index is 840. The third-order valence-corrected chi connectivity index (χ3v) is 5.65. The van der Waals surface area contributed by atoms with E-state index >= 15 is 0 Å². The fraction of sp³-hybridized carbons (Fsp3) is 0.450. The normalized spacial score (nSPS) is 20.0. The van der Waals surface area contributed by atoms with E-state index < -0.39 is 5.92 Å². The van der Waals surface area contributed by atoms with E-state index in [4.69, 9.17) is 11.6 Å². The summed E-state index contributed by atoms with van der Waals surface area (Å²) < 4.78 is 1.77. The summed E-state index contributed by atoms with van der Waals surface area (Å²) in [6.07, 6.45) is 7.58. The zero-order chi connectivity index (χ0) is 18.8. The fourth-order valence-corrected chi connectivity index (χ4v) is 4.05.